The zero-order chi connectivity index (χ0) is 19.8. The molecule has 2 aromatic rings. The molecule has 0 fully saturated rings. The van der Waals surface area contributed by atoms with Crippen LogP contribution in [0.4, 0.5) is 5.13 Å². The lowest BCUT2D eigenvalue weighted by Gasteiger charge is -2.19. The van der Waals surface area contributed by atoms with Gasteiger partial charge in [0.25, 0.3) is 5.91 Å². The number of nitrogens with zero attached hydrogens (tertiary/aromatic N) is 2. The van der Waals surface area contributed by atoms with E-state index in [-0.39, 0.29) is 25.4 Å². The monoisotopic (exact) mass is 411 g/mol. The quantitative estimate of drug-likeness (QED) is 0.649. The summed E-state index contributed by atoms with van der Waals surface area (Å²) in [5, 5.41) is 6.42. The van der Waals surface area contributed by atoms with E-state index >= 15 is 0 Å². The predicted molar refractivity (Wildman–Crippen MR) is 98.7 cm³/mol. The Balaban J connectivity index is 2.00. The molecule has 1 N–H and O–H groups in total. The van der Waals surface area contributed by atoms with Gasteiger partial charge in [-0.15, -0.1) is 22.7 Å². The number of esters is 2. The van der Waals surface area contributed by atoms with Crippen LogP contribution < -0.4 is 5.32 Å². The van der Waals surface area contributed by atoms with Crippen LogP contribution in [0.3, 0.4) is 0 Å². The Morgan fingerprint density at radius 2 is 1.78 bits per heavy atom. The van der Waals surface area contributed by atoms with Crippen molar-refractivity contribution in [2.24, 2.45) is 0 Å². The van der Waals surface area contributed by atoms with Gasteiger partial charge < -0.3 is 14.4 Å². The number of ether oxygens (including phenoxy) is 2. The molecule has 0 aliphatic rings. The lowest BCUT2D eigenvalue weighted by atomic mass is 10.3. The number of nitrogens with one attached hydrogen (secondary N) is 1. The summed E-state index contributed by atoms with van der Waals surface area (Å²) >= 11 is 2.48. The first-order chi connectivity index (χ1) is 12.9. The molecule has 0 atom stereocenters. The minimum atomic E-state index is -0.658. The first-order valence-electron chi connectivity index (χ1n) is 7.63. The molecule has 2 amide bonds. The third-order valence-corrected chi connectivity index (χ3v) is 4.97. The molecule has 11 heteroatoms. The molecular weight excluding hydrogens is 394 g/mol. The van der Waals surface area contributed by atoms with E-state index < -0.39 is 17.8 Å². The van der Waals surface area contributed by atoms with Crippen LogP contribution in [0.25, 0.3) is 0 Å². The third-order valence-electron chi connectivity index (χ3n) is 3.30. The molecule has 0 spiro atoms. The van der Waals surface area contributed by atoms with Gasteiger partial charge in [-0.25, -0.2) is 4.98 Å². The molecule has 0 bridgehead atoms. The van der Waals surface area contributed by atoms with Crippen LogP contribution in [0.15, 0.2) is 22.9 Å². The molecule has 2 aromatic heterocycles. The Labute approximate surface area is 162 Å². The summed E-state index contributed by atoms with van der Waals surface area (Å²) in [6.45, 7) is -0.757. The van der Waals surface area contributed by atoms with E-state index in [0.29, 0.717) is 15.7 Å². The zero-order valence-electron chi connectivity index (χ0n) is 14.6. The average Bonchev–Trinajstić information content (AvgIpc) is 3.32. The third kappa shape index (κ3) is 6.15. The number of thiazole rings is 1. The Hall–Kier alpha value is -2.79. The van der Waals surface area contributed by atoms with Crippen molar-refractivity contribution in [3.8, 4) is 0 Å². The molecule has 0 unspecified atom stereocenters. The van der Waals surface area contributed by atoms with Crippen molar-refractivity contribution < 1.29 is 28.7 Å². The smallest absolute Gasteiger partial charge is 0.325 e. The SMILES string of the molecule is COC(=O)CN(CC(=O)OC)C(=O)Cc1csc(NC(=O)c2cccs2)n1. The highest BCUT2D eigenvalue weighted by molar-refractivity contribution is 7.14. The first-order valence-corrected chi connectivity index (χ1v) is 9.39. The predicted octanol–water partition coefficient (Wildman–Crippen LogP) is 1.17. The van der Waals surface area contributed by atoms with Gasteiger partial charge in [-0.2, -0.15) is 0 Å². The normalized spacial score (nSPS) is 10.1. The van der Waals surface area contributed by atoms with Gasteiger partial charge in [0, 0.05) is 5.38 Å². The molecule has 2 rings (SSSR count). The lowest BCUT2D eigenvalue weighted by Crippen LogP contribution is -2.41. The Bertz CT molecular complexity index is 800. The summed E-state index contributed by atoms with van der Waals surface area (Å²) in [5.74, 6) is -2.09. The van der Waals surface area contributed by atoms with Crippen LogP contribution in [0.1, 0.15) is 15.4 Å². The maximum Gasteiger partial charge on any atom is 0.325 e. The number of carbonyl (C=O) groups excluding carboxylic acids is 4. The van der Waals surface area contributed by atoms with Crippen LogP contribution in [0.5, 0.6) is 0 Å². The molecule has 0 radical (unpaired) electrons. The molecule has 0 aliphatic carbocycles. The minimum Gasteiger partial charge on any atom is -0.468 e. The minimum absolute atomic E-state index is 0.140. The van der Waals surface area contributed by atoms with Crippen LogP contribution in [0, 0.1) is 0 Å². The summed E-state index contributed by atoms with van der Waals surface area (Å²) in [6.07, 6.45) is -0.140. The van der Waals surface area contributed by atoms with Crippen LogP contribution in [-0.2, 0) is 30.3 Å². The second-order valence-corrected chi connectivity index (χ2v) is 6.96. The van der Waals surface area contributed by atoms with Crippen molar-refractivity contribution in [1.82, 2.24) is 9.88 Å². The number of hydrogen-bond donors (Lipinski definition) is 1. The van der Waals surface area contributed by atoms with Crippen molar-refractivity contribution >= 4 is 51.6 Å². The summed E-state index contributed by atoms with van der Waals surface area (Å²) in [5.41, 5.74) is 0.409. The number of carbonyl (C=O) groups is 4. The topological polar surface area (TPSA) is 115 Å². The van der Waals surface area contributed by atoms with Crippen molar-refractivity contribution in [2.45, 2.75) is 6.42 Å². The highest BCUT2D eigenvalue weighted by Gasteiger charge is 2.22. The van der Waals surface area contributed by atoms with E-state index in [1.54, 1.807) is 22.9 Å². The maximum atomic E-state index is 12.4. The fourth-order valence-electron chi connectivity index (χ4n) is 1.95. The fourth-order valence-corrected chi connectivity index (χ4v) is 3.28. The first kappa shape index (κ1) is 20.5. The number of amides is 2. The van der Waals surface area contributed by atoms with Crippen molar-refractivity contribution in [3.05, 3.63) is 33.5 Å². The molecule has 0 saturated heterocycles. The van der Waals surface area contributed by atoms with Gasteiger partial charge in [0.05, 0.1) is 31.2 Å². The number of hydrogen-bond acceptors (Lipinski definition) is 9. The van der Waals surface area contributed by atoms with Gasteiger partial charge in [-0.05, 0) is 11.4 Å². The second kappa shape index (κ2) is 9.78. The molecule has 2 heterocycles. The Morgan fingerprint density at radius 1 is 1.11 bits per heavy atom. The van der Waals surface area contributed by atoms with E-state index in [9.17, 15) is 19.2 Å². The van der Waals surface area contributed by atoms with Gasteiger partial charge in [0.15, 0.2) is 5.13 Å². The summed E-state index contributed by atoms with van der Waals surface area (Å²) < 4.78 is 9.07. The number of thiophene rings is 1. The highest BCUT2D eigenvalue weighted by atomic mass is 32.1. The maximum absolute atomic E-state index is 12.4. The Kier molecular flexibility index (Phi) is 7.44. The number of methoxy groups -OCH3 is 2. The largest absolute Gasteiger partial charge is 0.468 e. The average molecular weight is 411 g/mol. The van der Waals surface area contributed by atoms with E-state index in [4.69, 9.17) is 0 Å². The molecule has 0 aromatic carbocycles. The zero-order valence-corrected chi connectivity index (χ0v) is 16.2. The molecule has 144 valence electrons. The molecule has 0 saturated carbocycles. The molecular formula is C16H17N3O6S2. The molecule has 9 nitrogen and oxygen atoms in total. The molecule has 0 aliphatic heterocycles. The summed E-state index contributed by atoms with van der Waals surface area (Å²) in [6, 6.07) is 3.46. The standard InChI is InChI=1S/C16H17N3O6S2/c1-24-13(21)7-19(8-14(22)25-2)12(20)6-10-9-27-16(17-10)18-15(23)11-4-3-5-26-11/h3-5,9H,6-8H2,1-2H3,(H,17,18,23). The number of anilines is 1. The van der Waals surface area contributed by atoms with Gasteiger partial charge in [0.1, 0.15) is 13.1 Å². The van der Waals surface area contributed by atoms with Gasteiger partial charge >= 0.3 is 11.9 Å². The van der Waals surface area contributed by atoms with E-state index in [1.807, 2.05) is 0 Å². The lowest BCUT2D eigenvalue weighted by molar-refractivity contribution is -0.151. The van der Waals surface area contributed by atoms with Gasteiger partial charge in [-0.1, -0.05) is 6.07 Å². The van der Waals surface area contributed by atoms with E-state index in [2.05, 4.69) is 19.8 Å². The number of aromatic nitrogens is 1. The second-order valence-electron chi connectivity index (χ2n) is 5.15. The fraction of sp³-hybridized carbons (Fsp3) is 0.312. The van der Waals surface area contributed by atoms with Crippen LogP contribution >= 0.6 is 22.7 Å². The van der Waals surface area contributed by atoms with Crippen LogP contribution in [-0.4, -0.2) is 60.9 Å². The van der Waals surface area contributed by atoms with Crippen molar-refractivity contribution in [3.63, 3.8) is 0 Å². The van der Waals surface area contributed by atoms with Crippen LogP contribution in [0.2, 0.25) is 0 Å². The van der Waals surface area contributed by atoms with Crippen molar-refractivity contribution in [2.75, 3.05) is 32.6 Å². The van der Waals surface area contributed by atoms with E-state index in [1.165, 1.54) is 36.9 Å². The Morgan fingerprint density at radius 3 is 2.33 bits per heavy atom. The van der Waals surface area contributed by atoms with Gasteiger partial charge in [0.2, 0.25) is 5.91 Å². The van der Waals surface area contributed by atoms with Crippen molar-refractivity contribution in [1.29, 1.82) is 0 Å². The summed E-state index contributed by atoms with van der Waals surface area (Å²) in [4.78, 5) is 53.1. The van der Waals surface area contributed by atoms with Gasteiger partial charge in [-0.3, -0.25) is 24.5 Å². The van der Waals surface area contributed by atoms with E-state index in [0.717, 1.165) is 4.90 Å². The number of rotatable bonds is 8. The highest BCUT2D eigenvalue weighted by Crippen LogP contribution is 2.18. The summed E-state index contributed by atoms with van der Waals surface area (Å²) in [7, 11) is 2.37. The molecule has 27 heavy (non-hydrogen) atoms.